The summed E-state index contributed by atoms with van der Waals surface area (Å²) in [4.78, 5) is 27.3. The number of rotatable bonds is 5. The van der Waals surface area contributed by atoms with Gasteiger partial charge in [0.15, 0.2) is 5.69 Å². The number of hydrogen-bond donors (Lipinski definition) is 2. The number of carbonyl (C=O) groups is 2. The summed E-state index contributed by atoms with van der Waals surface area (Å²) < 4.78 is 5.10. The van der Waals surface area contributed by atoms with Gasteiger partial charge < -0.3 is 15.8 Å². The van der Waals surface area contributed by atoms with Crippen LogP contribution in [0.3, 0.4) is 0 Å². The minimum absolute atomic E-state index is 0.108. The largest absolute Gasteiger partial charge is 0.464 e. The number of nitrogens with one attached hydrogen (secondary N) is 1. The minimum Gasteiger partial charge on any atom is -0.464 e. The van der Waals surface area contributed by atoms with Crippen LogP contribution < -0.4 is 11.1 Å². The molecule has 0 saturated heterocycles. The van der Waals surface area contributed by atoms with Gasteiger partial charge in [-0.05, 0) is 72.1 Å². The van der Waals surface area contributed by atoms with Crippen LogP contribution in [0.4, 0.5) is 0 Å². The van der Waals surface area contributed by atoms with E-state index in [9.17, 15) is 9.59 Å². The van der Waals surface area contributed by atoms with Crippen molar-refractivity contribution in [2.45, 2.75) is 39.5 Å². The lowest BCUT2D eigenvalue weighted by atomic mass is 10.3. The number of methoxy groups -OCH3 is 1. The van der Waals surface area contributed by atoms with Crippen LogP contribution in [0.25, 0.3) is 0 Å². The Hall–Kier alpha value is -1.47. The highest BCUT2D eigenvalue weighted by Crippen LogP contribution is 2.27. The molecule has 2 saturated carbocycles. The number of esters is 1. The molecule has 0 unspecified atom stereocenters. The first kappa shape index (κ1) is 21.6. The van der Waals surface area contributed by atoms with Crippen LogP contribution >= 0.6 is 15.9 Å². The fourth-order valence-corrected chi connectivity index (χ4v) is 2.19. The first-order valence-electron chi connectivity index (χ1n) is 8.78. The highest BCUT2D eigenvalue weighted by Gasteiger charge is 2.23. The molecule has 1 aromatic rings. The second-order valence-corrected chi connectivity index (χ2v) is 6.71. The van der Waals surface area contributed by atoms with Crippen LogP contribution in [0.1, 0.15) is 60.5 Å². The van der Waals surface area contributed by atoms with Crippen LogP contribution in [0.2, 0.25) is 0 Å². The summed E-state index contributed by atoms with van der Waals surface area (Å²) in [5.74, 6) is 0.678. The summed E-state index contributed by atoms with van der Waals surface area (Å²) in [6.07, 6.45) is 5.11. The third-order valence-electron chi connectivity index (χ3n) is 3.74. The van der Waals surface area contributed by atoms with E-state index in [0.717, 1.165) is 12.5 Å². The zero-order valence-electron chi connectivity index (χ0n) is 15.2. The third kappa shape index (κ3) is 7.96. The van der Waals surface area contributed by atoms with Crippen molar-refractivity contribution in [3.05, 3.63) is 28.0 Å². The Morgan fingerprint density at radius 1 is 1.24 bits per heavy atom. The normalized spacial score (nSPS) is 15.1. The number of amides is 1. The predicted octanol–water partition coefficient (Wildman–Crippen LogP) is 3.15. The Morgan fingerprint density at radius 2 is 1.84 bits per heavy atom. The van der Waals surface area contributed by atoms with Gasteiger partial charge in [-0.3, -0.25) is 4.79 Å². The van der Waals surface area contributed by atoms with E-state index in [2.05, 4.69) is 31.0 Å². The van der Waals surface area contributed by atoms with Crippen molar-refractivity contribution in [1.29, 1.82) is 0 Å². The van der Waals surface area contributed by atoms with Crippen molar-refractivity contribution in [3.8, 4) is 0 Å². The van der Waals surface area contributed by atoms with Crippen molar-refractivity contribution in [1.82, 2.24) is 10.3 Å². The monoisotopic (exact) mass is 413 g/mol. The van der Waals surface area contributed by atoms with Gasteiger partial charge >= 0.3 is 5.97 Å². The Bertz CT molecular complexity index is 573. The zero-order chi connectivity index (χ0) is 18.8. The molecule has 0 aromatic carbocycles. The van der Waals surface area contributed by atoms with Gasteiger partial charge in [0.2, 0.25) is 0 Å². The van der Waals surface area contributed by atoms with Gasteiger partial charge in [0.1, 0.15) is 5.69 Å². The van der Waals surface area contributed by atoms with Gasteiger partial charge in [0, 0.05) is 6.54 Å². The molecular weight excluding hydrogens is 386 g/mol. The Balaban J connectivity index is 0.000000376. The summed E-state index contributed by atoms with van der Waals surface area (Å²) in [6.45, 7) is 5.59. The van der Waals surface area contributed by atoms with Gasteiger partial charge in [-0.2, -0.15) is 0 Å². The zero-order valence-corrected chi connectivity index (χ0v) is 16.8. The van der Waals surface area contributed by atoms with Gasteiger partial charge in [0.25, 0.3) is 5.91 Å². The third-order valence-corrected chi connectivity index (χ3v) is 4.38. The Kier molecular flexibility index (Phi) is 9.67. The van der Waals surface area contributed by atoms with Crippen molar-refractivity contribution < 1.29 is 14.3 Å². The van der Waals surface area contributed by atoms with Gasteiger partial charge in [0.05, 0.1) is 11.6 Å². The van der Waals surface area contributed by atoms with E-state index < -0.39 is 5.97 Å². The van der Waals surface area contributed by atoms with E-state index in [1.54, 1.807) is 12.1 Å². The molecule has 0 bridgehead atoms. The first-order chi connectivity index (χ1) is 12.0. The Labute approximate surface area is 158 Å². The summed E-state index contributed by atoms with van der Waals surface area (Å²) in [6, 6.07) is 3.18. The molecule has 1 aromatic heterocycles. The lowest BCUT2D eigenvalue weighted by Gasteiger charge is -2.06. The summed E-state index contributed by atoms with van der Waals surface area (Å²) in [7, 11) is 1.27. The van der Waals surface area contributed by atoms with Gasteiger partial charge in [-0.25, -0.2) is 9.78 Å². The number of nitrogens with two attached hydrogens (primary N) is 1. The van der Waals surface area contributed by atoms with Crippen LogP contribution in [0.5, 0.6) is 0 Å². The number of ether oxygens (including phenoxy) is 1. The maximum atomic E-state index is 11.8. The lowest BCUT2D eigenvalue weighted by Crippen LogP contribution is -2.27. The molecule has 6 nitrogen and oxygen atoms in total. The van der Waals surface area contributed by atoms with Crippen LogP contribution in [-0.4, -0.2) is 37.1 Å². The van der Waals surface area contributed by atoms with Gasteiger partial charge in [-0.15, -0.1) is 0 Å². The van der Waals surface area contributed by atoms with E-state index in [1.807, 2.05) is 13.8 Å². The van der Waals surface area contributed by atoms with Crippen LogP contribution in [-0.2, 0) is 4.74 Å². The van der Waals surface area contributed by atoms with Gasteiger partial charge in [-0.1, -0.05) is 13.8 Å². The molecule has 2 fully saturated rings. The molecule has 0 spiro atoms. The highest BCUT2D eigenvalue weighted by atomic mass is 79.9. The molecular formula is C18H28BrN3O3. The fourth-order valence-electron chi connectivity index (χ4n) is 1.81. The Morgan fingerprint density at radius 3 is 2.28 bits per heavy atom. The molecule has 0 aliphatic heterocycles. The molecule has 2 aliphatic carbocycles. The average Bonchev–Trinajstić information content (AvgIpc) is 3.55. The van der Waals surface area contributed by atoms with E-state index in [4.69, 9.17) is 5.73 Å². The lowest BCUT2D eigenvalue weighted by molar-refractivity contribution is 0.0592. The van der Waals surface area contributed by atoms with E-state index in [1.165, 1.54) is 32.8 Å². The van der Waals surface area contributed by atoms with Crippen LogP contribution in [0, 0.1) is 11.8 Å². The molecule has 140 valence electrons. The number of pyridine rings is 1. The number of aromatic nitrogens is 1. The molecule has 0 radical (unpaired) electrons. The molecule has 2 aliphatic rings. The average molecular weight is 414 g/mol. The molecule has 0 atom stereocenters. The van der Waals surface area contributed by atoms with Crippen LogP contribution in [0.15, 0.2) is 16.6 Å². The molecule has 3 N–H and O–H groups in total. The molecule has 7 heteroatoms. The SMILES string of the molecule is CC.COC(=O)c1nc(C(=O)NCC2CC2)ccc1Br.NCC1CC1. The van der Waals surface area contributed by atoms with Crippen molar-refractivity contribution >= 4 is 27.8 Å². The number of carbonyl (C=O) groups excluding carboxylic acids is 2. The van der Waals surface area contributed by atoms with E-state index >= 15 is 0 Å². The quantitative estimate of drug-likeness (QED) is 0.722. The second-order valence-electron chi connectivity index (χ2n) is 5.85. The van der Waals surface area contributed by atoms with E-state index in [-0.39, 0.29) is 17.3 Å². The number of hydrogen-bond acceptors (Lipinski definition) is 5. The minimum atomic E-state index is -0.571. The smallest absolute Gasteiger partial charge is 0.357 e. The molecule has 1 amide bonds. The highest BCUT2D eigenvalue weighted by molar-refractivity contribution is 9.10. The first-order valence-corrected chi connectivity index (χ1v) is 9.57. The maximum absolute atomic E-state index is 11.8. The second kappa shape index (κ2) is 11.2. The summed E-state index contributed by atoms with van der Waals surface area (Å²) in [5.41, 5.74) is 5.56. The van der Waals surface area contributed by atoms with E-state index in [0.29, 0.717) is 16.9 Å². The predicted molar refractivity (Wildman–Crippen MR) is 101 cm³/mol. The van der Waals surface area contributed by atoms with Crippen molar-refractivity contribution in [2.75, 3.05) is 20.2 Å². The van der Waals surface area contributed by atoms with Crippen molar-refractivity contribution in [3.63, 3.8) is 0 Å². The summed E-state index contributed by atoms with van der Waals surface area (Å²) >= 11 is 3.20. The topological polar surface area (TPSA) is 94.3 Å². The maximum Gasteiger partial charge on any atom is 0.357 e. The van der Waals surface area contributed by atoms with Crippen molar-refractivity contribution in [2.24, 2.45) is 17.6 Å². The molecule has 1 heterocycles. The number of halogens is 1. The standard InChI is InChI=1S/C12H13BrN2O3.C4H9N.C2H6/c1-18-12(17)10-8(13)4-5-9(15-10)11(16)14-6-7-2-3-7;5-3-4-1-2-4;1-2/h4-5,7H,2-3,6H2,1H3,(H,14,16);4H,1-3,5H2;1-2H3. The number of nitrogens with zero attached hydrogens (tertiary/aromatic N) is 1. The molecule has 25 heavy (non-hydrogen) atoms. The fraction of sp³-hybridized carbons (Fsp3) is 0.611. The molecule has 3 rings (SSSR count). The summed E-state index contributed by atoms with van der Waals surface area (Å²) in [5, 5.41) is 2.80.